The monoisotopic (exact) mass is 405 g/mol. The van der Waals surface area contributed by atoms with Gasteiger partial charge in [0, 0.05) is 43.6 Å². The molecule has 156 valence electrons. The van der Waals surface area contributed by atoms with Crippen molar-refractivity contribution in [2.75, 3.05) is 18.0 Å². The average Bonchev–Trinajstić information content (AvgIpc) is 3.03. The molecule has 2 fully saturated rings. The molecular weight excluding hydrogens is 378 g/mol. The number of nitrogens with one attached hydrogen (secondary N) is 1. The zero-order valence-corrected chi connectivity index (χ0v) is 17.2. The van der Waals surface area contributed by atoms with Gasteiger partial charge in [0.15, 0.2) is 0 Å². The quantitative estimate of drug-likeness (QED) is 0.610. The molecule has 3 aromatic rings. The fourth-order valence-corrected chi connectivity index (χ4v) is 4.86. The maximum atomic E-state index is 10.6. The minimum absolute atomic E-state index is 0.0642. The lowest BCUT2D eigenvalue weighted by Crippen LogP contribution is -2.48. The van der Waals surface area contributed by atoms with Crippen LogP contribution in [-0.4, -0.2) is 42.3 Å². The van der Waals surface area contributed by atoms with Crippen LogP contribution < -0.4 is 10.2 Å². The highest BCUT2D eigenvalue weighted by atomic mass is 16.3. The van der Waals surface area contributed by atoms with Crippen molar-refractivity contribution >= 4 is 5.82 Å². The first-order chi connectivity index (χ1) is 14.6. The highest BCUT2D eigenvalue weighted by molar-refractivity contribution is 5.45. The predicted molar refractivity (Wildman–Crippen MR) is 112 cm³/mol. The van der Waals surface area contributed by atoms with Gasteiger partial charge in [0.1, 0.15) is 17.7 Å². The summed E-state index contributed by atoms with van der Waals surface area (Å²) < 4.78 is 4.05. The van der Waals surface area contributed by atoms with Crippen LogP contribution in [0.25, 0.3) is 0 Å². The second kappa shape index (κ2) is 6.65. The van der Waals surface area contributed by atoms with E-state index in [1.54, 1.807) is 6.33 Å². The molecule has 0 amide bonds. The van der Waals surface area contributed by atoms with E-state index >= 15 is 0 Å². The predicted octanol–water partition coefficient (Wildman–Crippen LogP) is 1.93. The van der Waals surface area contributed by atoms with E-state index in [0.717, 1.165) is 43.0 Å². The van der Waals surface area contributed by atoms with Crippen molar-refractivity contribution in [3.05, 3.63) is 59.8 Å². The van der Waals surface area contributed by atoms with Crippen molar-refractivity contribution < 1.29 is 5.11 Å². The molecule has 1 spiro atoms. The molecule has 1 saturated heterocycles. The largest absolute Gasteiger partial charge is 0.373 e. The molecule has 4 heterocycles. The van der Waals surface area contributed by atoms with Gasteiger partial charge in [-0.25, -0.2) is 15.0 Å². The number of rotatable bonds is 6. The number of aliphatic hydroxyl groups is 1. The van der Waals surface area contributed by atoms with Crippen LogP contribution in [0.5, 0.6) is 0 Å². The summed E-state index contributed by atoms with van der Waals surface area (Å²) in [6.07, 6.45) is 11.3. The van der Waals surface area contributed by atoms with Crippen LogP contribution in [0.15, 0.2) is 37.2 Å². The molecule has 2 atom stereocenters. The number of aryl methyl sites for hydroxylation is 1. The van der Waals surface area contributed by atoms with Gasteiger partial charge in [-0.15, -0.1) is 0 Å². The number of nitrogens with zero attached hydrogens (tertiary/aromatic N) is 6. The Morgan fingerprint density at radius 3 is 2.83 bits per heavy atom. The molecule has 1 unspecified atom stereocenters. The van der Waals surface area contributed by atoms with E-state index in [1.807, 2.05) is 30.3 Å². The number of imidazole rings is 2. The van der Waals surface area contributed by atoms with Crippen molar-refractivity contribution in [2.45, 2.75) is 44.5 Å². The van der Waals surface area contributed by atoms with Crippen LogP contribution in [0.3, 0.4) is 0 Å². The van der Waals surface area contributed by atoms with Crippen molar-refractivity contribution in [3.63, 3.8) is 0 Å². The van der Waals surface area contributed by atoms with Crippen molar-refractivity contribution in [3.8, 4) is 0 Å². The van der Waals surface area contributed by atoms with Crippen LogP contribution in [0.2, 0.25) is 0 Å². The number of anilines is 1. The third-order valence-electron chi connectivity index (χ3n) is 6.89. The topological polar surface area (TPSA) is 84.0 Å². The first-order valence-electron chi connectivity index (χ1n) is 10.7. The number of aliphatic hydroxyl groups excluding tert-OH is 1. The summed E-state index contributed by atoms with van der Waals surface area (Å²) >= 11 is 0. The van der Waals surface area contributed by atoms with Gasteiger partial charge < -0.3 is 19.1 Å². The molecule has 8 heteroatoms. The normalized spacial score (nSPS) is 22.2. The number of hydrogen-bond acceptors (Lipinski definition) is 6. The Hall–Kier alpha value is -2.71. The molecular formula is C22H27N7O. The summed E-state index contributed by atoms with van der Waals surface area (Å²) in [6.45, 7) is 3.01. The minimum Gasteiger partial charge on any atom is -0.373 e. The number of aromatic nitrogens is 5. The molecule has 3 aromatic heterocycles. The zero-order valence-electron chi connectivity index (χ0n) is 17.2. The molecule has 30 heavy (non-hydrogen) atoms. The SMILES string of the molecule is Cn1cnc2c1CC[C@H]2NC(O)c1cn(Cc2ccc(N3CC4(CC4)C3)nc2)cn1. The Bertz CT molecular complexity index is 1060. The third kappa shape index (κ3) is 3.11. The fraction of sp³-hybridized carbons (Fsp3) is 0.500. The average molecular weight is 406 g/mol. The van der Waals surface area contributed by atoms with Gasteiger partial charge in [-0.3, -0.25) is 5.32 Å². The Labute approximate surface area is 175 Å². The lowest BCUT2D eigenvalue weighted by Gasteiger charge is -2.40. The zero-order chi connectivity index (χ0) is 20.3. The van der Waals surface area contributed by atoms with Gasteiger partial charge >= 0.3 is 0 Å². The van der Waals surface area contributed by atoms with Crippen LogP contribution in [-0.2, 0) is 20.0 Å². The van der Waals surface area contributed by atoms with Crippen LogP contribution >= 0.6 is 0 Å². The van der Waals surface area contributed by atoms with E-state index in [0.29, 0.717) is 17.7 Å². The molecule has 1 saturated carbocycles. The van der Waals surface area contributed by atoms with Gasteiger partial charge in [-0.05, 0) is 37.3 Å². The third-order valence-corrected chi connectivity index (χ3v) is 6.89. The molecule has 2 aliphatic carbocycles. The highest BCUT2D eigenvalue weighted by Gasteiger charge is 2.52. The smallest absolute Gasteiger partial charge is 0.150 e. The van der Waals surface area contributed by atoms with Crippen LogP contribution in [0.1, 0.15) is 54.2 Å². The van der Waals surface area contributed by atoms with Gasteiger partial charge in [0.05, 0.1) is 30.9 Å². The van der Waals surface area contributed by atoms with Gasteiger partial charge in [0.25, 0.3) is 0 Å². The molecule has 0 aromatic carbocycles. The second-order valence-corrected chi connectivity index (χ2v) is 9.20. The molecule has 3 aliphatic rings. The maximum Gasteiger partial charge on any atom is 0.150 e. The number of pyridine rings is 1. The standard InChI is InChI=1S/C22H27N7O/c1-27-13-25-20-16(3-4-18(20)27)26-21(30)17-10-28(14-24-17)9-15-2-5-19(23-8-15)29-11-22(12-29)6-7-22/h2,5,8,10,13-14,16,21,26,30H,3-4,6-7,9,11-12H2,1H3/t16-,21?/m1/s1. The van der Waals surface area contributed by atoms with E-state index in [1.165, 1.54) is 18.5 Å². The van der Waals surface area contributed by atoms with E-state index < -0.39 is 6.23 Å². The Balaban J connectivity index is 1.07. The summed E-state index contributed by atoms with van der Waals surface area (Å²) in [5.41, 5.74) is 4.67. The Morgan fingerprint density at radius 1 is 1.20 bits per heavy atom. The Kier molecular flexibility index (Phi) is 4.01. The van der Waals surface area contributed by atoms with E-state index in [2.05, 4.69) is 41.9 Å². The Morgan fingerprint density at radius 2 is 2.07 bits per heavy atom. The lowest BCUT2D eigenvalue weighted by atomic mass is 9.97. The van der Waals surface area contributed by atoms with Crippen LogP contribution in [0, 0.1) is 5.41 Å². The van der Waals surface area contributed by atoms with Crippen molar-refractivity contribution in [1.82, 2.24) is 29.4 Å². The summed E-state index contributed by atoms with van der Waals surface area (Å²) in [5.74, 6) is 1.08. The van der Waals surface area contributed by atoms with Gasteiger partial charge in [-0.1, -0.05) is 6.07 Å². The maximum absolute atomic E-state index is 10.6. The van der Waals surface area contributed by atoms with E-state index in [4.69, 9.17) is 0 Å². The van der Waals surface area contributed by atoms with E-state index in [9.17, 15) is 5.11 Å². The molecule has 1 aliphatic heterocycles. The summed E-state index contributed by atoms with van der Waals surface area (Å²) in [7, 11) is 2.01. The molecule has 8 nitrogen and oxygen atoms in total. The minimum atomic E-state index is -0.814. The second-order valence-electron chi connectivity index (χ2n) is 9.20. The summed E-state index contributed by atoms with van der Waals surface area (Å²) in [6, 6.07) is 4.31. The number of fused-ring (bicyclic) bond motifs is 1. The molecule has 6 rings (SSSR count). The first kappa shape index (κ1) is 18.1. The van der Waals surface area contributed by atoms with E-state index in [-0.39, 0.29) is 6.04 Å². The summed E-state index contributed by atoms with van der Waals surface area (Å²) in [5, 5.41) is 13.9. The lowest BCUT2D eigenvalue weighted by molar-refractivity contribution is 0.118. The molecule has 0 radical (unpaired) electrons. The van der Waals surface area contributed by atoms with Crippen LogP contribution in [0.4, 0.5) is 5.82 Å². The molecule has 2 N–H and O–H groups in total. The highest BCUT2D eigenvalue weighted by Crippen LogP contribution is 2.53. The van der Waals surface area contributed by atoms with Gasteiger partial charge in [0.2, 0.25) is 0 Å². The fourth-order valence-electron chi connectivity index (χ4n) is 4.86. The molecule has 0 bridgehead atoms. The van der Waals surface area contributed by atoms with Crippen molar-refractivity contribution in [2.24, 2.45) is 12.5 Å². The first-order valence-corrected chi connectivity index (χ1v) is 10.7. The summed E-state index contributed by atoms with van der Waals surface area (Å²) in [4.78, 5) is 15.9. The number of hydrogen-bond donors (Lipinski definition) is 2. The van der Waals surface area contributed by atoms with Crippen molar-refractivity contribution in [1.29, 1.82) is 0 Å². The van der Waals surface area contributed by atoms with Gasteiger partial charge in [-0.2, -0.15) is 0 Å².